The summed E-state index contributed by atoms with van der Waals surface area (Å²) in [6.45, 7) is 5.11. The summed E-state index contributed by atoms with van der Waals surface area (Å²) in [6.07, 6.45) is 2.66. The van der Waals surface area contributed by atoms with E-state index in [1.165, 1.54) is 6.08 Å². The average Bonchev–Trinajstić information content (AvgIpc) is 2.39. The highest BCUT2D eigenvalue weighted by atomic mass is 32.2. The summed E-state index contributed by atoms with van der Waals surface area (Å²) >= 11 is 1.86. The van der Waals surface area contributed by atoms with Crippen LogP contribution >= 0.6 is 11.8 Å². The Kier molecular flexibility index (Phi) is 2.98. The highest BCUT2D eigenvalue weighted by molar-refractivity contribution is 7.99. The van der Waals surface area contributed by atoms with E-state index in [0.29, 0.717) is 0 Å². The van der Waals surface area contributed by atoms with Gasteiger partial charge in [-0.2, -0.15) is 11.8 Å². The summed E-state index contributed by atoms with van der Waals surface area (Å²) in [6, 6.07) is 0. The summed E-state index contributed by atoms with van der Waals surface area (Å²) < 4.78 is 5.36. The van der Waals surface area contributed by atoms with E-state index in [1.54, 1.807) is 6.92 Å². The Morgan fingerprint density at radius 3 is 3.00 bits per heavy atom. The third kappa shape index (κ3) is 2.85. The zero-order valence-electron chi connectivity index (χ0n) is 6.75. The van der Waals surface area contributed by atoms with Crippen molar-refractivity contribution in [2.75, 3.05) is 11.5 Å². The molecule has 11 heavy (non-hydrogen) atoms. The molecule has 3 heteroatoms. The quantitative estimate of drug-likeness (QED) is 0.518. The highest BCUT2D eigenvalue weighted by Crippen LogP contribution is 2.23. The number of hydrogen-bond donors (Lipinski definition) is 1. The second kappa shape index (κ2) is 3.61. The van der Waals surface area contributed by atoms with E-state index in [1.807, 2.05) is 11.8 Å². The van der Waals surface area contributed by atoms with Gasteiger partial charge in [-0.15, -0.1) is 0 Å². The molecule has 1 rings (SSSR count). The first-order valence-corrected chi connectivity index (χ1v) is 4.91. The smallest absolute Gasteiger partial charge is 0.182 e. The van der Waals surface area contributed by atoms with Crippen LogP contribution in [0.4, 0.5) is 0 Å². The third-order valence-corrected chi connectivity index (χ3v) is 2.80. The normalized spacial score (nSPS) is 29.8. The first-order valence-electron chi connectivity index (χ1n) is 3.75. The van der Waals surface area contributed by atoms with E-state index < -0.39 is 5.79 Å². The van der Waals surface area contributed by atoms with Gasteiger partial charge in [0.15, 0.2) is 5.79 Å². The maximum Gasteiger partial charge on any atom is 0.182 e. The molecule has 0 spiro atoms. The van der Waals surface area contributed by atoms with Gasteiger partial charge in [-0.05, 0) is 25.2 Å². The zero-order valence-corrected chi connectivity index (χ0v) is 7.56. The van der Waals surface area contributed by atoms with Gasteiger partial charge in [0.2, 0.25) is 0 Å². The van der Waals surface area contributed by atoms with E-state index in [0.717, 1.165) is 17.9 Å². The topological polar surface area (TPSA) is 29.5 Å². The standard InChI is InChI=1S/C8H14O2S/c1-3-8(2,9)10-7-4-5-11-6-7/h3,7,9H,1,4-6H2,2H3/t7-,8-/m1/s1. The van der Waals surface area contributed by atoms with E-state index in [4.69, 9.17) is 4.74 Å². The van der Waals surface area contributed by atoms with Crippen LogP contribution in [0.1, 0.15) is 13.3 Å². The fourth-order valence-corrected chi connectivity index (χ4v) is 2.09. The molecular weight excluding hydrogens is 160 g/mol. The van der Waals surface area contributed by atoms with Gasteiger partial charge in [-0.3, -0.25) is 0 Å². The molecule has 1 heterocycles. The molecule has 0 unspecified atom stereocenters. The molecular formula is C8H14O2S. The van der Waals surface area contributed by atoms with E-state index in [-0.39, 0.29) is 6.10 Å². The Morgan fingerprint density at radius 1 is 1.82 bits per heavy atom. The lowest BCUT2D eigenvalue weighted by Gasteiger charge is -2.23. The molecule has 1 fully saturated rings. The molecule has 0 amide bonds. The lowest BCUT2D eigenvalue weighted by molar-refractivity contribution is -0.177. The second-order valence-corrected chi connectivity index (χ2v) is 4.01. The van der Waals surface area contributed by atoms with Gasteiger partial charge >= 0.3 is 0 Å². The fourth-order valence-electron chi connectivity index (χ4n) is 0.991. The number of ether oxygens (including phenoxy) is 1. The minimum atomic E-state index is -1.14. The van der Waals surface area contributed by atoms with Crippen LogP contribution in [0.3, 0.4) is 0 Å². The molecule has 0 aromatic carbocycles. The molecule has 64 valence electrons. The largest absolute Gasteiger partial charge is 0.362 e. The minimum absolute atomic E-state index is 0.202. The van der Waals surface area contributed by atoms with Crippen molar-refractivity contribution in [3.63, 3.8) is 0 Å². The maximum absolute atomic E-state index is 9.43. The third-order valence-electron chi connectivity index (χ3n) is 1.67. The van der Waals surface area contributed by atoms with Gasteiger partial charge in [0, 0.05) is 5.75 Å². The van der Waals surface area contributed by atoms with Crippen LogP contribution < -0.4 is 0 Å². The molecule has 2 nitrogen and oxygen atoms in total. The van der Waals surface area contributed by atoms with Crippen LogP contribution in [-0.4, -0.2) is 28.5 Å². The first kappa shape index (κ1) is 9.10. The monoisotopic (exact) mass is 174 g/mol. The predicted octanol–water partition coefficient (Wildman–Crippen LogP) is 1.40. The van der Waals surface area contributed by atoms with Crippen LogP contribution in [-0.2, 0) is 4.74 Å². The van der Waals surface area contributed by atoms with E-state index >= 15 is 0 Å². The van der Waals surface area contributed by atoms with Crippen LogP contribution in [0, 0.1) is 0 Å². The summed E-state index contributed by atoms with van der Waals surface area (Å²) in [5.41, 5.74) is 0. The van der Waals surface area contributed by atoms with Crippen molar-refractivity contribution >= 4 is 11.8 Å². The van der Waals surface area contributed by atoms with E-state index in [9.17, 15) is 5.11 Å². The van der Waals surface area contributed by atoms with Crippen molar-refractivity contribution in [1.29, 1.82) is 0 Å². The summed E-state index contributed by atoms with van der Waals surface area (Å²) in [4.78, 5) is 0. The van der Waals surface area contributed by atoms with Crippen molar-refractivity contribution in [2.45, 2.75) is 25.2 Å². The van der Waals surface area contributed by atoms with Gasteiger partial charge in [0.05, 0.1) is 6.10 Å². The van der Waals surface area contributed by atoms with Crippen molar-refractivity contribution < 1.29 is 9.84 Å². The molecule has 1 aliphatic rings. The molecule has 1 N–H and O–H groups in total. The van der Waals surface area contributed by atoms with Crippen LogP contribution in [0.25, 0.3) is 0 Å². The van der Waals surface area contributed by atoms with Gasteiger partial charge in [-0.25, -0.2) is 0 Å². The summed E-state index contributed by atoms with van der Waals surface area (Å²) in [5.74, 6) is 0.984. The Hall–Kier alpha value is 0.0100. The number of rotatable bonds is 3. The highest BCUT2D eigenvalue weighted by Gasteiger charge is 2.24. The van der Waals surface area contributed by atoms with Crippen LogP contribution in [0.2, 0.25) is 0 Å². The van der Waals surface area contributed by atoms with Crippen LogP contribution in [0.5, 0.6) is 0 Å². The molecule has 0 aromatic rings. The molecule has 2 atom stereocenters. The predicted molar refractivity (Wildman–Crippen MR) is 47.6 cm³/mol. The Balaban J connectivity index is 2.33. The van der Waals surface area contributed by atoms with E-state index in [2.05, 4.69) is 6.58 Å². The molecule has 0 aromatic heterocycles. The van der Waals surface area contributed by atoms with Gasteiger partial charge < -0.3 is 9.84 Å². The fraction of sp³-hybridized carbons (Fsp3) is 0.750. The summed E-state index contributed by atoms with van der Waals surface area (Å²) in [7, 11) is 0. The van der Waals surface area contributed by atoms with Gasteiger partial charge in [-0.1, -0.05) is 6.58 Å². The first-order chi connectivity index (χ1) is 5.14. The number of aliphatic hydroxyl groups is 1. The molecule has 1 saturated heterocycles. The SMILES string of the molecule is C=C[C@](C)(O)O[C@@H]1CCSC1. The van der Waals surface area contributed by atoms with Crippen LogP contribution in [0.15, 0.2) is 12.7 Å². The minimum Gasteiger partial charge on any atom is -0.362 e. The molecule has 0 bridgehead atoms. The molecule has 0 saturated carbocycles. The second-order valence-electron chi connectivity index (χ2n) is 2.86. The summed E-state index contributed by atoms with van der Waals surface area (Å²) in [5, 5.41) is 9.43. The molecule has 0 aliphatic carbocycles. The maximum atomic E-state index is 9.43. The van der Waals surface area contributed by atoms with Crippen molar-refractivity contribution in [3.8, 4) is 0 Å². The lowest BCUT2D eigenvalue weighted by Crippen LogP contribution is -2.31. The lowest BCUT2D eigenvalue weighted by atomic mass is 10.3. The Labute approximate surface area is 71.6 Å². The van der Waals surface area contributed by atoms with Gasteiger partial charge in [0.1, 0.15) is 0 Å². The van der Waals surface area contributed by atoms with Gasteiger partial charge in [0.25, 0.3) is 0 Å². The average molecular weight is 174 g/mol. The van der Waals surface area contributed by atoms with Crippen molar-refractivity contribution in [2.24, 2.45) is 0 Å². The van der Waals surface area contributed by atoms with Crippen molar-refractivity contribution in [3.05, 3.63) is 12.7 Å². The number of hydrogen-bond acceptors (Lipinski definition) is 3. The van der Waals surface area contributed by atoms with Crippen molar-refractivity contribution in [1.82, 2.24) is 0 Å². The molecule has 0 radical (unpaired) electrons. The Morgan fingerprint density at radius 2 is 2.55 bits per heavy atom. The molecule has 1 aliphatic heterocycles. The zero-order chi connectivity index (χ0) is 8.32. The number of thioether (sulfide) groups is 1. The Bertz CT molecular complexity index is 139.